The van der Waals surface area contributed by atoms with Gasteiger partial charge in [-0.1, -0.05) is 11.6 Å². The molecule has 19 heavy (non-hydrogen) atoms. The Morgan fingerprint density at radius 2 is 2.21 bits per heavy atom. The second-order valence-corrected chi connectivity index (χ2v) is 5.66. The van der Waals surface area contributed by atoms with E-state index in [4.69, 9.17) is 11.6 Å². The molecule has 1 aliphatic heterocycles. The van der Waals surface area contributed by atoms with Crippen molar-refractivity contribution in [1.82, 2.24) is 9.97 Å². The van der Waals surface area contributed by atoms with Crippen LogP contribution in [0.25, 0.3) is 11.4 Å². The van der Waals surface area contributed by atoms with Crippen LogP contribution in [0.3, 0.4) is 0 Å². The standard InChI is InChI=1S/C13H11BrClN3O/c14-9-6-7(3-4-10(9)15)11-17-12-8(13(19)18-11)2-1-5-16-12/h3-4,6H,1-2,5H2,(H2,16,17,18,19). The molecule has 0 radical (unpaired) electrons. The van der Waals surface area contributed by atoms with Crippen LogP contribution in [0.2, 0.25) is 5.02 Å². The molecule has 0 atom stereocenters. The molecule has 4 nitrogen and oxygen atoms in total. The van der Waals surface area contributed by atoms with Crippen LogP contribution in [0.4, 0.5) is 5.82 Å². The van der Waals surface area contributed by atoms with E-state index in [2.05, 4.69) is 31.2 Å². The number of anilines is 1. The summed E-state index contributed by atoms with van der Waals surface area (Å²) in [4.78, 5) is 19.3. The molecule has 3 rings (SSSR count). The van der Waals surface area contributed by atoms with E-state index >= 15 is 0 Å². The molecule has 1 aromatic carbocycles. The number of hydrogen-bond acceptors (Lipinski definition) is 3. The van der Waals surface area contributed by atoms with Crippen molar-refractivity contribution in [2.75, 3.05) is 11.9 Å². The first-order valence-electron chi connectivity index (χ1n) is 5.97. The maximum absolute atomic E-state index is 12.0. The van der Waals surface area contributed by atoms with E-state index in [0.717, 1.165) is 35.0 Å². The van der Waals surface area contributed by atoms with Gasteiger partial charge in [0.05, 0.1) is 10.6 Å². The Morgan fingerprint density at radius 1 is 1.37 bits per heavy atom. The lowest BCUT2D eigenvalue weighted by atomic mass is 10.1. The topological polar surface area (TPSA) is 57.8 Å². The summed E-state index contributed by atoms with van der Waals surface area (Å²) in [6.07, 6.45) is 1.73. The first-order valence-corrected chi connectivity index (χ1v) is 7.15. The third-order valence-electron chi connectivity index (χ3n) is 3.10. The molecule has 2 N–H and O–H groups in total. The molecular formula is C13H11BrClN3O. The van der Waals surface area contributed by atoms with Crippen molar-refractivity contribution in [2.45, 2.75) is 12.8 Å². The van der Waals surface area contributed by atoms with Gasteiger partial charge in [0, 0.05) is 16.6 Å². The lowest BCUT2D eigenvalue weighted by molar-refractivity contribution is 0.800. The number of halogens is 2. The van der Waals surface area contributed by atoms with Crippen molar-refractivity contribution in [2.24, 2.45) is 0 Å². The summed E-state index contributed by atoms with van der Waals surface area (Å²) in [6, 6.07) is 5.45. The highest BCUT2D eigenvalue weighted by Gasteiger charge is 2.15. The lowest BCUT2D eigenvalue weighted by Crippen LogP contribution is -2.24. The van der Waals surface area contributed by atoms with E-state index in [-0.39, 0.29) is 5.56 Å². The van der Waals surface area contributed by atoms with Crippen molar-refractivity contribution in [3.05, 3.63) is 43.6 Å². The molecule has 98 valence electrons. The van der Waals surface area contributed by atoms with E-state index in [9.17, 15) is 4.79 Å². The number of nitrogens with zero attached hydrogens (tertiary/aromatic N) is 1. The third kappa shape index (κ3) is 2.40. The fourth-order valence-electron chi connectivity index (χ4n) is 2.13. The smallest absolute Gasteiger partial charge is 0.256 e. The van der Waals surface area contributed by atoms with Gasteiger partial charge in [0.2, 0.25) is 0 Å². The van der Waals surface area contributed by atoms with Crippen molar-refractivity contribution in [1.29, 1.82) is 0 Å². The second-order valence-electron chi connectivity index (χ2n) is 4.40. The third-order valence-corrected chi connectivity index (χ3v) is 4.32. The van der Waals surface area contributed by atoms with Crippen LogP contribution in [0.15, 0.2) is 27.5 Å². The number of fused-ring (bicyclic) bond motifs is 1. The van der Waals surface area contributed by atoms with Gasteiger partial charge in [-0.15, -0.1) is 0 Å². The number of hydrogen-bond donors (Lipinski definition) is 2. The number of aromatic amines is 1. The van der Waals surface area contributed by atoms with Gasteiger partial charge in [0.25, 0.3) is 5.56 Å². The molecule has 0 saturated carbocycles. The molecule has 0 spiro atoms. The Morgan fingerprint density at radius 3 is 3.00 bits per heavy atom. The van der Waals surface area contributed by atoms with Crippen molar-refractivity contribution < 1.29 is 0 Å². The summed E-state index contributed by atoms with van der Waals surface area (Å²) in [5.74, 6) is 1.24. The molecule has 1 aliphatic rings. The second kappa shape index (κ2) is 4.98. The van der Waals surface area contributed by atoms with Gasteiger partial charge in [-0.05, 0) is 47.0 Å². The fraction of sp³-hybridized carbons (Fsp3) is 0.231. The Balaban J connectivity index is 2.12. The van der Waals surface area contributed by atoms with Gasteiger partial charge < -0.3 is 10.3 Å². The van der Waals surface area contributed by atoms with Crippen LogP contribution in [-0.4, -0.2) is 16.5 Å². The van der Waals surface area contributed by atoms with Crippen molar-refractivity contribution in [3.8, 4) is 11.4 Å². The molecule has 1 aromatic heterocycles. The number of rotatable bonds is 1. The van der Waals surface area contributed by atoms with E-state index in [1.54, 1.807) is 6.07 Å². The van der Waals surface area contributed by atoms with Gasteiger partial charge in [-0.3, -0.25) is 4.79 Å². The highest BCUT2D eigenvalue weighted by molar-refractivity contribution is 9.10. The van der Waals surface area contributed by atoms with E-state index < -0.39 is 0 Å². The van der Waals surface area contributed by atoms with Crippen LogP contribution in [0.1, 0.15) is 12.0 Å². The number of aromatic nitrogens is 2. The molecule has 0 bridgehead atoms. The van der Waals surface area contributed by atoms with Gasteiger partial charge in [-0.2, -0.15) is 0 Å². The first-order chi connectivity index (χ1) is 9.15. The molecular weight excluding hydrogens is 330 g/mol. The fourth-order valence-corrected chi connectivity index (χ4v) is 2.62. The average molecular weight is 341 g/mol. The van der Waals surface area contributed by atoms with Crippen LogP contribution < -0.4 is 10.9 Å². The monoisotopic (exact) mass is 339 g/mol. The van der Waals surface area contributed by atoms with Crippen LogP contribution >= 0.6 is 27.5 Å². The maximum atomic E-state index is 12.0. The summed E-state index contributed by atoms with van der Waals surface area (Å²) < 4.78 is 0.778. The number of benzene rings is 1. The van der Waals surface area contributed by atoms with Crippen LogP contribution in [-0.2, 0) is 6.42 Å². The molecule has 0 unspecified atom stereocenters. The molecule has 0 fully saturated rings. The lowest BCUT2D eigenvalue weighted by Gasteiger charge is -2.16. The minimum absolute atomic E-state index is 0.0710. The highest BCUT2D eigenvalue weighted by atomic mass is 79.9. The molecule has 0 amide bonds. The Bertz CT molecular complexity index is 699. The summed E-state index contributed by atoms with van der Waals surface area (Å²) in [5.41, 5.74) is 1.49. The van der Waals surface area contributed by atoms with E-state index in [1.165, 1.54) is 0 Å². The average Bonchev–Trinajstić information content (AvgIpc) is 2.42. The zero-order chi connectivity index (χ0) is 13.4. The van der Waals surface area contributed by atoms with Crippen LogP contribution in [0, 0.1) is 0 Å². The Kier molecular flexibility index (Phi) is 3.33. The quantitative estimate of drug-likeness (QED) is 0.838. The van der Waals surface area contributed by atoms with Crippen molar-refractivity contribution >= 4 is 33.3 Å². The Hall–Kier alpha value is -1.33. The van der Waals surface area contributed by atoms with Crippen molar-refractivity contribution in [3.63, 3.8) is 0 Å². The van der Waals surface area contributed by atoms with Gasteiger partial charge in [0.1, 0.15) is 11.6 Å². The van der Waals surface area contributed by atoms with Crippen LogP contribution in [0.5, 0.6) is 0 Å². The number of H-pyrrole nitrogens is 1. The zero-order valence-corrected chi connectivity index (χ0v) is 12.3. The minimum Gasteiger partial charge on any atom is -0.370 e. The maximum Gasteiger partial charge on any atom is 0.256 e. The van der Waals surface area contributed by atoms with Gasteiger partial charge in [0.15, 0.2) is 0 Å². The predicted octanol–water partition coefficient (Wildman–Crippen LogP) is 3.21. The summed E-state index contributed by atoms with van der Waals surface area (Å²) >= 11 is 9.33. The molecule has 2 heterocycles. The predicted molar refractivity (Wildman–Crippen MR) is 79.8 cm³/mol. The zero-order valence-electron chi connectivity index (χ0n) is 9.96. The Labute approximate surface area is 123 Å². The van der Waals surface area contributed by atoms with Gasteiger partial charge >= 0.3 is 0 Å². The normalized spacial score (nSPS) is 13.8. The summed E-state index contributed by atoms with van der Waals surface area (Å²) in [7, 11) is 0. The summed E-state index contributed by atoms with van der Waals surface area (Å²) in [6.45, 7) is 0.854. The first kappa shape index (κ1) is 12.7. The largest absolute Gasteiger partial charge is 0.370 e. The highest BCUT2D eigenvalue weighted by Crippen LogP contribution is 2.28. The molecule has 2 aromatic rings. The number of nitrogens with one attached hydrogen (secondary N) is 2. The molecule has 0 aliphatic carbocycles. The molecule has 0 saturated heterocycles. The molecule has 6 heteroatoms. The summed E-state index contributed by atoms with van der Waals surface area (Å²) in [5, 5.41) is 3.80. The van der Waals surface area contributed by atoms with E-state index in [0.29, 0.717) is 16.7 Å². The minimum atomic E-state index is -0.0710. The van der Waals surface area contributed by atoms with Gasteiger partial charge in [-0.25, -0.2) is 4.98 Å². The van der Waals surface area contributed by atoms with E-state index in [1.807, 2.05) is 12.1 Å². The SMILES string of the molecule is O=c1[nH]c(-c2ccc(Cl)c(Br)c2)nc2c1CCCN2.